The number of ether oxygens (including phenoxy) is 3. The van der Waals surface area contributed by atoms with Gasteiger partial charge in [0.2, 0.25) is 0 Å². The van der Waals surface area contributed by atoms with Gasteiger partial charge in [0.25, 0.3) is 0 Å². The summed E-state index contributed by atoms with van der Waals surface area (Å²) in [6.07, 6.45) is 6.56. The molecule has 4 heteroatoms. The van der Waals surface area contributed by atoms with Crippen molar-refractivity contribution < 1.29 is 19.0 Å². The summed E-state index contributed by atoms with van der Waals surface area (Å²) in [4.78, 5) is 12.5. The highest BCUT2D eigenvalue weighted by Crippen LogP contribution is 2.38. The van der Waals surface area contributed by atoms with E-state index in [0.29, 0.717) is 25.6 Å². The maximum atomic E-state index is 12.5. The Labute approximate surface area is 150 Å². The average Bonchev–Trinajstić information content (AvgIpc) is 2.99. The Balaban J connectivity index is 1.59. The topological polar surface area (TPSA) is 44.8 Å². The first-order chi connectivity index (χ1) is 12.0. The molecule has 3 rings (SSSR count). The van der Waals surface area contributed by atoms with Crippen molar-refractivity contribution in [3.8, 4) is 0 Å². The Morgan fingerprint density at radius 3 is 2.56 bits per heavy atom. The third kappa shape index (κ3) is 5.29. The number of carbonyl (C=O) groups is 1. The van der Waals surface area contributed by atoms with Gasteiger partial charge in [-0.1, -0.05) is 62.4 Å². The van der Waals surface area contributed by atoms with Crippen molar-refractivity contribution in [3.05, 3.63) is 35.9 Å². The molecule has 0 N–H and O–H groups in total. The summed E-state index contributed by atoms with van der Waals surface area (Å²) in [5, 5.41) is 0. The summed E-state index contributed by atoms with van der Waals surface area (Å²) in [6, 6.07) is 9.83. The molecule has 0 spiro atoms. The molecule has 1 aromatic rings. The van der Waals surface area contributed by atoms with E-state index in [1.54, 1.807) is 0 Å². The van der Waals surface area contributed by atoms with Gasteiger partial charge in [-0.15, -0.1) is 0 Å². The monoisotopic (exact) mass is 346 g/mol. The van der Waals surface area contributed by atoms with E-state index in [-0.39, 0.29) is 18.0 Å². The van der Waals surface area contributed by atoms with Crippen molar-refractivity contribution in [2.24, 2.45) is 11.8 Å². The van der Waals surface area contributed by atoms with E-state index < -0.39 is 5.79 Å². The number of esters is 1. The highest BCUT2D eigenvalue weighted by molar-refractivity contribution is 5.69. The predicted octanol–water partition coefficient (Wildman–Crippen LogP) is 4.47. The second kappa shape index (κ2) is 8.33. The number of hydrogen-bond acceptors (Lipinski definition) is 4. The van der Waals surface area contributed by atoms with Gasteiger partial charge in [0.05, 0.1) is 19.1 Å². The maximum Gasteiger partial charge on any atom is 0.306 e. The summed E-state index contributed by atoms with van der Waals surface area (Å²) >= 11 is 0. The van der Waals surface area contributed by atoms with Crippen molar-refractivity contribution in [2.45, 2.75) is 70.9 Å². The molecule has 2 atom stereocenters. The van der Waals surface area contributed by atoms with Crippen molar-refractivity contribution in [1.29, 1.82) is 0 Å². The lowest BCUT2D eigenvalue weighted by atomic mass is 9.76. The molecule has 0 aromatic heterocycles. The summed E-state index contributed by atoms with van der Waals surface area (Å²) in [5.41, 5.74) is 1.02. The minimum Gasteiger partial charge on any atom is -0.461 e. The van der Waals surface area contributed by atoms with E-state index in [1.807, 2.05) is 44.2 Å². The third-order valence-electron chi connectivity index (χ3n) is 5.41. The van der Waals surface area contributed by atoms with Crippen molar-refractivity contribution in [2.75, 3.05) is 6.61 Å². The standard InChI is InChI=1S/C21H30O4/c1-21(2)24-15-19(25-21)18(17-11-7-4-8-12-17)13-20(22)23-14-16-9-5-3-6-10-16/h3,5-6,9-10,17-19H,4,7-8,11-15H2,1-2H3/t18-,19+/m0/s1. The van der Waals surface area contributed by atoms with Gasteiger partial charge >= 0.3 is 5.97 Å². The molecule has 2 aliphatic rings. The molecule has 1 heterocycles. The highest BCUT2D eigenvalue weighted by atomic mass is 16.7. The second-order valence-electron chi connectivity index (χ2n) is 7.78. The number of hydrogen-bond donors (Lipinski definition) is 0. The molecule has 1 aliphatic heterocycles. The molecule has 0 radical (unpaired) electrons. The zero-order chi connectivity index (χ0) is 17.7. The van der Waals surface area contributed by atoms with Crippen LogP contribution in [-0.4, -0.2) is 24.5 Å². The molecule has 0 bridgehead atoms. The Bertz CT molecular complexity index is 548. The Kier molecular flexibility index (Phi) is 6.13. The van der Waals surface area contributed by atoms with Crippen molar-refractivity contribution >= 4 is 5.97 Å². The van der Waals surface area contributed by atoms with Crippen LogP contribution in [0.3, 0.4) is 0 Å². The molecule has 4 nitrogen and oxygen atoms in total. The van der Waals surface area contributed by atoms with Gasteiger partial charge in [0.15, 0.2) is 5.79 Å². The minimum absolute atomic E-state index is 0.0117. The summed E-state index contributed by atoms with van der Waals surface area (Å²) in [7, 11) is 0. The molecule has 0 amide bonds. The molecule has 0 unspecified atom stereocenters. The van der Waals surface area contributed by atoms with Crippen LogP contribution in [0.15, 0.2) is 30.3 Å². The first-order valence-electron chi connectivity index (χ1n) is 9.55. The zero-order valence-corrected chi connectivity index (χ0v) is 15.4. The maximum absolute atomic E-state index is 12.5. The normalized spacial score (nSPS) is 24.8. The molecular weight excluding hydrogens is 316 g/mol. The van der Waals surface area contributed by atoms with Crippen LogP contribution >= 0.6 is 0 Å². The van der Waals surface area contributed by atoms with Crippen LogP contribution in [0.25, 0.3) is 0 Å². The molecule has 1 aliphatic carbocycles. The fourth-order valence-corrected chi connectivity index (χ4v) is 4.08. The highest BCUT2D eigenvalue weighted by Gasteiger charge is 2.41. The van der Waals surface area contributed by atoms with Crippen LogP contribution in [0.4, 0.5) is 0 Å². The fourth-order valence-electron chi connectivity index (χ4n) is 4.08. The van der Waals surface area contributed by atoms with Crippen LogP contribution in [0.2, 0.25) is 0 Å². The zero-order valence-electron chi connectivity index (χ0n) is 15.4. The van der Waals surface area contributed by atoms with Gasteiger partial charge < -0.3 is 14.2 Å². The SMILES string of the molecule is CC1(C)OC[C@H]([C@@H](CC(=O)OCc2ccccc2)C2CCCCC2)O1. The lowest BCUT2D eigenvalue weighted by Gasteiger charge is -2.33. The van der Waals surface area contributed by atoms with E-state index in [1.165, 1.54) is 32.1 Å². The van der Waals surface area contributed by atoms with Crippen LogP contribution in [-0.2, 0) is 25.6 Å². The van der Waals surface area contributed by atoms with Crippen LogP contribution in [0.5, 0.6) is 0 Å². The van der Waals surface area contributed by atoms with E-state index in [0.717, 1.165) is 5.56 Å². The van der Waals surface area contributed by atoms with Gasteiger partial charge in [-0.2, -0.15) is 0 Å². The second-order valence-corrected chi connectivity index (χ2v) is 7.78. The van der Waals surface area contributed by atoms with Crippen LogP contribution in [0.1, 0.15) is 57.9 Å². The van der Waals surface area contributed by atoms with Gasteiger partial charge in [-0.3, -0.25) is 4.79 Å². The largest absolute Gasteiger partial charge is 0.461 e. The van der Waals surface area contributed by atoms with Gasteiger partial charge in [-0.25, -0.2) is 0 Å². The lowest BCUT2D eigenvalue weighted by molar-refractivity contribution is -0.157. The first-order valence-corrected chi connectivity index (χ1v) is 9.55. The van der Waals surface area contributed by atoms with E-state index in [9.17, 15) is 4.79 Å². The van der Waals surface area contributed by atoms with E-state index >= 15 is 0 Å². The summed E-state index contributed by atoms with van der Waals surface area (Å²) < 4.78 is 17.4. The van der Waals surface area contributed by atoms with Crippen LogP contribution < -0.4 is 0 Å². The molecule has 1 aromatic carbocycles. The fraction of sp³-hybridized carbons (Fsp3) is 0.667. The molecule has 138 valence electrons. The number of benzene rings is 1. The third-order valence-corrected chi connectivity index (χ3v) is 5.41. The minimum atomic E-state index is -0.550. The van der Waals surface area contributed by atoms with Crippen molar-refractivity contribution in [3.63, 3.8) is 0 Å². The first kappa shape index (κ1) is 18.4. The average molecular weight is 346 g/mol. The van der Waals surface area contributed by atoms with E-state index in [2.05, 4.69) is 0 Å². The Hall–Kier alpha value is -1.39. The smallest absolute Gasteiger partial charge is 0.306 e. The number of rotatable bonds is 6. The Morgan fingerprint density at radius 2 is 1.92 bits per heavy atom. The summed E-state index contributed by atoms with van der Waals surface area (Å²) in [6.45, 7) is 4.79. The Morgan fingerprint density at radius 1 is 1.20 bits per heavy atom. The van der Waals surface area contributed by atoms with Gasteiger partial charge in [0.1, 0.15) is 6.61 Å². The molecule has 1 saturated carbocycles. The molecular formula is C21H30O4. The number of carbonyl (C=O) groups excluding carboxylic acids is 1. The lowest BCUT2D eigenvalue weighted by Crippen LogP contribution is -2.34. The van der Waals surface area contributed by atoms with Crippen molar-refractivity contribution in [1.82, 2.24) is 0 Å². The predicted molar refractivity (Wildman–Crippen MR) is 95.8 cm³/mol. The molecule has 25 heavy (non-hydrogen) atoms. The van der Waals surface area contributed by atoms with E-state index in [4.69, 9.17) is 14.2 Å². The van der Waals surface area contributed by atoms with Crippen LogP contribution in [0, 0.1) is 11.8 Å². The van der Waals surface area contributed by atoms with Gasteiger partial charge in [-0.05, 0) is 25.3 Å². The quantitative estimate of drug-likeness (QED) is 0.713. The van der Waals surface area contributed by atoms with Gasteiger partial charge in [0, 0.05) is 5.92 Å². The summed E-state index contributed by atoms with van der Waals surface area (Å²) in [5.74, 6) is 0.0320. The molecule has 1 saturated heterocycles. The molecule has 2 fully saturated rings.